The van der Waals surface area contributed by atoms with Crippen LogP contribution in [0.5, 0.6) is 5.75 Å². The topological polar surface area (TPSA) is 51.2 Å². The molecule has 1 aromatic carbocycles. The van der Waals surface area contributed by atoms with E-state index in [0.717, 1.165) is 11.3 Å². The molecule has 0 unspecified atom stereocenters. The Labute approximate surface area is 106 Å². The highest BCUT2D eigenvalue weighted by Crippen LogP contribution is 2.19. The molecule has 0 spiro atoms. The number of pyridine rings is 1. The van der Waals surface area contributed by atoms with Gasteiger partial charge in [-0.15, -0.1) is 0 Å². The minimum atomic E-state index is -0.238. The average molecular weight is 242 g/mol. The van der Waals surface area contributed by atoms with Crippen LogP contribution in [0.25, 0.3) is 0 Å². The summed E-state index contributed by atoms with van der Waals surface area (Å²) in [5.74, 6) is 0.417. The quantitative estimate of drug-likeness (QED) is 0.900. The Hall–Kier alpha value is -2.36. The van der Waals surface area contributed by atoms with Gasteiger partial charge in [-0.3, -0.25) is 9.78 Å². The second kappa shape index (κ2) is 5.31. The molecule has 2 aromatic rings. The van der Waals surface area contributed by atoms with E-state index < -0.39 is 0 Å². The van der Waals surface area contributed by atoms with E-state index in [1.807, 2.05) is 37.3 Å². The lowest BCUT2D eigenvalue weighted by Gasteiger charge is -2.09. The van der Waals surface area contributed by atoms with Crippen molar-refractivity contribution in [2.45, 2.75) is 6.92 Å². The number of methoxy groups -OCH3 is 1. The molecule has 4 nitrogen and oxygen atoms in total. The van der Waals surface area contributed by atoms with Gasteiger partial charge in [-0.05, 0) is 25.1 Å². The number of anilines is 1. The highest BCUT2D eigenvalue weighted by molar-refractivity contribution is 6.04. The maximum Gasteiger partial charge on any atom is 0.274 e. The monoisotopic (exact) mass is 242 g/mol. The van der Waals surface area contributed by atoms with E-state index >= 15 is 0 Å². The van der Waals surface area contributed by atoms with Crippen molar-refractivity contribution in [1.29, 1.82) is 0 Å². The first-order valence-corrected chi connectivity index (χ1v) is 5.58. The Bertz CT molecular complexity index is 553. The number of aromatic nitrogens is 1. The molecule has 0 saturated carbocycles. The van der Waals surface area contributed by atoms with Crippen molar-refractivity contribution in [3.63, 3.8) is 0 Å². The number of para-hydroxylation sites is 1. The Morgan fingerprint density at radius 2 is 1.94 bits per heavy atom. The van der Waals surface area contributed by atoms with Crippen molar-refractivity contribution in [2.24, 2.45) is 0 Å². The molecule has 1 heterocycles. The van der Waals surface area contributed by atoms with Crippen LogP contribution >= 0.6 is 0 Å². The number of nitrogens with one attached hydrogen (secondary N) is 1. The van der Waals surface area contributed by atoms with Crippen LogP contribution in [-0.4, -0.2) is 18.0 Å². The zero-order chi connectivity index (χ0) is 13.0. The Morgan fingerprint density at radius 1 is 1.22 bits per heavy atom. The Kier molecular flexibility index (Phi) is 3.57. The van der Waals surface area contributed by atoms with Crippen LogP contribution in [-0.2, 0) is 0 Å². The molecule has 0 atom stereocenters. The highest BCUT2D eigenvalue weighted by atomic mass is 16.5. The predicted octanol–water partition coefficient (Wildman–Crippen LogP) is 2.65. The fourth-order valence-corrected chi connectivity index (χ4v) is 1.68. The van der Waals surface area contributed by atoms with Crippen LogP contribution in [0.2, 0.25) is 0 Å². The number of rotatable bonds is 3. The van der Waals surface area contributed by atoms with E-state index in [0.29, 0.717) is 11.4 Å². The lowest BCUT2D eigenvalue weighted by Crippen LogP contribution is -2.15. The molecule has 2 rings (SSSR count). The molecule has 0 saturated heterocycles. The fraction of sp³-hybridized carbons (Fsp3) is 0.143. The fourth-order valence-electron chi connectivity index (χ4n) is 1.68. The van der Waals surface area contributed by atoms with Gasteiger partial charge in [0.05, 0.1) is 7.11 Å². The predicted molar refractivity (Wildman–Crippen MR) is 69.9 cm³/mol. The molecule has 4 heteroatoms. The van der Waals surface area contributed by atoms with Gasteiger partial charge in [-0.1, -0.05) is 18.2 Å². The first kappa shape index (κ1) is 12.1. The van der Waals surface area contributed by atoms with Gasteiger partial charge >= 0.3 is 0 Å². The van der Waals surface area contributed by atoms with Gasteiger partial charge < -0.3 is 10.1 Å². The number of hydrogen-bond acceptors (Lipinski definition) is 3. The summed E-state index contributed by atoms with van der Waals surface area (Å²) in [6.45, 7) is 1.81. The number of nitrogens with zero attached hydrogens (tertiary/aromatic N) is 1. The molecule has 0 aliphatic heterocycles. The molecule has 0 radical (unpaired) electrons. The molecule has 92 valence electrons. The maximum atomic E-state index is 12.1. The molecule has 0 fully saturated rings. The summed E-state index contributed by atoms with van der Waals surface area (Å²) >= 11 is 0. The number of hydrogen-bond donors (Lipinski definition) is 1. The molecule has 18 heavy (non-hydrogen) atoms. The summed E-state index contributed by atoms with van der Waals surface area (Å²) in [5, 5.41) is 2.79. The molecule has 0 aliphatic carbocycles. The molecule has 0 aliphatic rings. The lowest BCUT2D eigenvalue weighted by molar-refractivity contribution is 0.102. The summed E-state index contributed by atoms with van der Waals surface area (Å²) in [5.41, 5.74) is 1.85. The minimum Gasteiger partial charge on any atom is -0.496 e. The van der Waals surface area contributed by atoms with Crippen LogP contribution in [0.15, 0.2) is 42.6 Å². The third kappa shape index (κ3) is 2.48. The molecule has 1 aromatic heterocycles. The first-order valence-electron chi connectivity index (χ1n) is 5.58. The van der Waals surface area contributed by atoms with Gasteiger partial charge in [0, 0.05) is 17.4 Å². The lowest BCUT2D eigenvalue weighted by atomic mass is 10.2. The zero-order valence-corrected chi connectivity index (χ0v) is 10.3. The minimum absolute atomic E-state index is 0.238. The number of amides is 1. The normalized spacial score (nSPS) is 9.89. The van der Waals surface area contributed by atoms with Crippen LogP contribution in [0.3, 0.4) is 0 Å². The van der Waals surface area contributed by atoms with Crippen LogP contribution in [0, 0.1) is 6.92 Å². The Morgan fingerprint density at radius 3 is 2.61 bits per heavy atom. The van der Waals surface area contributed by atoms with Gasteiger partial charge in [0.25, 0.3) is 5.91 Å². The van der Waals surface area contributed by atoms with Crippen molar-refractivity contribution in [2.75, 3.05) is 12.4 Å². The molecule has 1 N–H and O–H groups in total. The van der Waals surface area contributed by atoms with Gasteiger partial charge in [-0.2, -0.15) is 0 Å². The smallest absolute Gasteiger partial charge is 0.274 e. The third-order valence-electron chi connectivity index (χ3n) is 2.62. The SMILES string of the molecule is COc1ccnc(C(=O)Nc2ccccc2)c1C. The van der Waals surface area contributed by atoms with Crippen molar-refractivity contribution in [3.8, 4) is 5.75 Å². The summed E-state index contributed by atoms with van der Waals surface area (Å²) in [4.78, 5) is 16.2. The van der Waals surface area contributed by atoms with E-state index in [9.17, 15) is 4.79 Å². The summed E-state index contributed by atoms with van der Waals surface area (Å²) < 4.78 is 5.17. The van der Waals surface area contributed by atoms with Gasteiger partial charge in [0.1, 0.15) is 11.4 Å². The second-order valence-electron chi connectivity index (χ2n) is 3.81. The molecular weight excluding hydrogens is 228 g/mol. The van der Waals surface area contributed by atoms with Crippen LogP contribution < -0.4 is 10.1 Å². The maximum absolute atomic E-state index is 12.1. The second-order valence-corrected chi connectivity index (χ2v) is 3.81. The van der Waals surface area contributed by atoms with Crippen molar-refractivity contribution in [1.82, 2.24) is 4.98 Å². The van der Waals surface area contributed by atoms with Gasteiger partial charge in [-0.25, -0.2) is 0 Å². The van der Waals surface area contributed by atoms with E-state index in [4.69, 9.17) is 4.74 Å². The van der Waals surface area contributed by atoms with E-state index in [-0.39, 0.29) is 5.91 Å². The Balaban J connectivity index is 2.24. The largest absolute Gasteiger partial charge is 0.496 e. The van der Waals surface area contributed by atoms with Crippen LogP contribution in [0.1, 0.15) is 16.1 Å². The highest BCUT2D eigenvalue weighted by Gasteiger charge is 2.13. The summed E-state index contributed by atoms with van der Waals surface area (Å²) in [6, 6.07) is 11.0. The molecule has 0 bridgehead atoms. The summed E-state index contributed by atoms with van der Waals surface area (Å²) in [6.07, 6.45) is 1.56. The van der Waals surface area contributed by atoms with Crippen molar-refractivity contribution in [3.05, 3.63) is 53.9 Å². The number of carbonyl (C=O) groups excluding carboxylic acids is 1. The third-order valence-corrected chi connectivity index (χ3v) is 2.62. The van der Waals surface area contributed by atoms with Crippen molar-refractivity contribution < 1.29 is 9.53 Å². The van der Waals surface area contributed by atoms with E-state index in [1.54, 1.807) is 19.4 Å². The van der Waals surface area contributed by atoms with E-state index in [1.165, 1.54) is 0 Å². The average Bonchev–Trinajstić information content (AvgIpc) is 2.40. The number of carbonyl (C=O) groups is 1. The summed E-state index contributed by atoms with van der Waals surface area (Å²) in [7, 11) is 1.57. The van der Waals surface area contributed by atoms with E-state index in [2.05, 4.69) is 10.3 Å². The van der Waals surface area contributed by atoms with Gasteiger partial charge in [0.15, 0.2) is 0 Å². The molecular formula is C14H14N2O2. The standard InChI is InChI=1S/C14H14N2O2/c1-10-12(18-2)8-9-15-13(10)14(17)16-11-6-4-3-5-7-11/h3-9H,1-2H3,(H,16,17). The van der Waals surface area contributed by atoms with Crippen LogP contribution in [0.4, 0.5) is 5.69 Å². The first-order chi connectivity index (χ1) is 8.72. The number of ether oxygens (including phenoxy) is 1. The van der Waals surface area contributed by atoms with Gasteiger partial charge in [0.2, 0.25) is 0 Å². The number of benzene rings is 1. The van der Waals surface area contributed by atoms with Crippen molar-refractivity contribution >= 4 is 11.6 Å². The zero-order valence-electron chi connectivity index (χ0n) is 10.3. The molecule has 1 amide bonds.